The Morgan fingerprint density at radius 1 is 1.53 bits per heavy atom. The molecule has 0 amide bonds. The van der Waals surface area contributed by atoms with Crippen LogP contribution in [0.4, 0.5) is 0 Å². The fraction of sp³-hybridized carbons (Fsp3) is 0.750. The van der Waals surface area contributed by atoms with Crippen molar-refractivity contribution in [1.82, 2.24) is 9.78 Å². The van der Waals surface area contributed by atoms with Gasteiger partial charge < -0.3 is 5.11 Å². The number of aryl methyl sites for hydroxylation is 2. The summed E-state index contributed by atoms with van der Waals surface area (Å²) < 4.78 is 1.92. The van der Waals surface area contributed by atoms with Gasteiger partial charge in [-0.2, -0.15) is 5.10 Å². The van der Waals surface area contributed by atoms with E-state index in [0.29, 0.717) is 0 Å². The highest BCUT2D eigenvalue weighted by Crippen LogP contribution is 2.27. The normalized spacial score (nSPS) is 15.3. The molecule has 0 aliphatic carbocycles. The molecule has 0 bridgehead atoms. The molecule has 1 unspecified atom stereocenters. The van der Waals surface area contributed by atoms with E-state index in [2.05, 4.69) is 25.0 Å². The first kappa shape index (κ1) is 12.2. The van der Waals surface area contributed by atoms with E-state index >= 15 is 0 Å². The lowest BCUT2D eigenvalue weighted by atomic mass is 9.82. The van der Waals surface area contributed by atoms with Crippen molar-refractivity contribution in [2.45, 2.75) is 40.0 Å². The third-order valence-electron chi connectivity index (χ3n) is 2.94. The van der Waals surface area contributed by atoms with Crippen molar-refractivity contribution < 1.29 is 5.11 Å². The second-order valence-electron chi connectivity index (χ2n) is 4.80. The standard InChI is InChI=1S/C12H22N2O/c1-5-6-12(3,9-15)8-11-7-10(2)13-14(11)4/h7,15H,5-6,8-9H2,1-4H3. The summed E-state index contributed by atoms with van der Waals surface area (Å²) in [5.74, 6) is 0. The number of aliphatic hydroxyl groups excluding tert-OH is 1. The van der Waals surface area contributed by atoms with Crippen LogP contribution in [0, 0.1) is 12.3 Å². The smallest absolute Gasteiger partial charge is 0.0596 e. The summed E-state index contributed by atoms with van der Waals surface area (Å²) in [5.41, 5.74) is 2.25. The maximum atomic E-state index is 9.45. The van der Waals surface area contributed by atoms with Crippen LogP contribution in [0.3, 0.4) is 0 Å². The summed E-state index contributed by atoms with van der Waals surface area (Å²) in [4.78, 5) is 0. The third-order valence-corrected chi connectivity index (χ3v) is 2.94. The van der Waals surface area contributed by atoms with E-state index in [1.807, 2.05) is 18.7 Å². The minimum Gasteiger partial charge on any atom is -0.396 e. The number of aliphatic hydroxyl groups is 1. The van der Waals surface area contributed by atoms with Crippen LogP contribution in [0.15, 0.2) is 6.07 Å². The lowest BCUT2D eigenvalue weighted by Gasteiger charge is -2.26. The highest BCUT2D eigenvalue weighted by molar-refractivity contribution is 5.10. The zero-order valence-electron chi connectivity index (χ0n) is 10.2. The minimum atomic E-state index is -0.00498. The summed E-state index contributed by atoms with van der Waals surface area (Å²) in [7, 11) is 1.96. The van der Waals surface area contributed by atoms with Gasteiger partial charge in [0.05, 0.1) is 5.69 Å². The van der Waals surface area contributed by atoms with Gasteiger partial charge in [-0.05, 0) is 31.2 Å². The van der Waals surface area contributed by atoms with Crippen molar-refractivity contribution in [3.8, 4) is 0 Å². The van der Waals surface area contributed by atoms with Gasteiger partial charge >= 0.3 is 0 Å². The van der Waals surface area contributed by atoms with Crippen molar-refractivity contribution in [1.29, 1.82) is 0 Å². The molecule has 1 rings (SSSR count). The molecule has 3 nitrogen and oxygen atoms in total. The maximum absolute atomic E-state index is 9.45. The summed E-state index contributed by atoms with van der Waals surface area (Å²) in [6, 6.07) is 2.10. The van der Waals surface area contributed by atoms with Crippen LogP contribution in [0.2, 0.25) is 0 Å². The molecule has 1 atom stereocenters. The molecule has 0 aliphatic rings. The molecular weight excluding hydrogens is 188 g/mol. The van der Waals surface area contributed by atoms with E-state index in [1.165, 1.54) is 5.69 Å². The number of nitrogens with zero attached hydrogens (tertiary/aromatic N) is 2. The molecule has 1 N–H and O–H groups in total. The Balaban J connectivity index is 2.78. The SMILES string of the molecule is CCCC(C)(CO)Cc1cc(C)nn1C. The van der Waals surface area contributed by atoms with E-state index in [0.717, 1.165) is 25.0 Å². The molecule has 0 saturated carbocycles. The van der Waals surface area contributed by atoms with Crippen molar-refractivity contribution in [3.05, 3.63) is 17.5 Å². The van der Waals surface area contributed by atoms with Crippen molar-refractivity contribution in [2.24, 2.45) is 12.5 Å². The van der Waals surface area contributed by atoms with Crippen LogP contribution in [-0.2, 0) is 13.5 Å². The lowest BCUT2D eigenvalue weighted by molar-refractivity contribution is 0.129. The first-order valence-corrected chi connectivity index (χ1v) is 5.61. The van der Waals surface area contributed by atoms with Gasteiger partial charge in [0.1, 0.15) is 0 Å². The molecule has 0 radical (unpaired) electrons. The number of hydrogen-bond donors (Lipinski definition) is 1. The number of aromatic nitrogens is 2. The average molecular weight is 210 g/mol. The van der Waals surface area contributed by atoms with Gasteiger partial charge in [-0.25, -0.2) is 0 Å². The predicted molar refractivity (Wildman–Crippen MR) is 61.7 cm³/mol. The third kappa shape index (κ3) is 3.06. The van der Waals surface area contributed by atoms with E-state index in [-0.39, 0.29) is 12.0 Å². The number of rotatable bonds is 5. The van der Waals surface area contributed by atoms with Crippen LogP contribution in [0.1, 0.15) is 38.1 Å². The minimum absolute atomic E-state index is 0.00498. The monoisotopic (exact) mass is 210 g/mol. The van der Waals surface area contributed by atoms with E-state index in [1.54, 1.807) is 0 Å². The summed E-state index contributed by atoms with van der Waals surface area (Å²) in [6.45, 7) is 6.53. The topological polar surface area (TPSA) is 38.1 Å². The molecule has 1 aromatic heterocycles. The highest BCUT2D eigenvalue weighted by Gasteiger charge is 2.24. The molecule has 0 saturated heterocycles. The average Bonchev–Trinajstić information content (AvgIpc) is 2.45. The molecule has 0 aliphatic heterocycles. The largest absolute Gasteiger partial charge is 0.396 e. The Kier molecular flexibility index (Phi) is 3.91. The van der Waals surface area contributed by atoms with Crippen LogP contribution < -0.4 is 0 Å². The molecule has 1 aromatic rings. The van der Waals surface area contributed by atoms with Gasteiger partial charge in [-0.15, -0.1) is 0 Å². The zero-order valence-corrected chi connectivity index (χ0v) is 10.2. The van der Waals surface area contributed by atoms with Gasteiger partial charge in [-0.1, -0.05) is 20.3 Å². The van der Waals surface area contributed by atoms with Crippen molar-refractivity contribution >= 4 is 0 Å². The van der Waals surface area contributed by atoms with Gasteiger partial charge in [0.15, 0.2) is 0 Å². The van der Waals surface area contributed by atoms with E-state index < -0.39 is 0 Å². The van der Waals surface area contributed by atoms with Crippen LogP contribution in [0.5, 0.6) is 0 Å². The second kappa shape index (κ2) is 4.79. The van der Waals surface area contributed by atoms with Gasteiger partial charge in [0.25, 0.3) is 0 Å². The van der Waals surface area contributed by atoms with Crippen LogP contribution in [0.25, 0.3) is 0 Å². The lowest BCUT2D eigenvalue weighted by Crippen LogP contribution is -2.25. The molecule has 15 heavy (non-hydrogen) atoms. The Labute approximate surface area is 92.1 Å². The van der Waals surface area contributed by atoms with Crippen molar-refractivity contribution in [2.75, 3.05) is 6.61 Å². The van der Waals surface area contributed by atoms with Gasteiger partial charge in [-0.3, -0.25) is 4.68 Å². The molecule has 86 valence electrons. The fourth-order valence-electron chi connectivity index (χ4n) is 2.09. The summed E-state index contributed by atoms with van der Waals surface area (Å²) >= 11 is 0. The number of hydrogen-bond acceptors (Lipinski definition) is 2. The molecular formula is C12H22N2O. The fourth-order valence-corrected chi connectivity index (χ4v) is 2.09. The Hall–Kier alpha value is -0.830. The van der Waals surface area contributed by atoms with E-state index in [4.69, 9.17) is 0 Å². The Morgan fingerprint density at radius 2 is 2.20 bits per heavy atom. The first-order chi connectivity index (χ1) is 7.00. The van der Waals surface area contributed by atoms with Crippen LogP contribution >= 0.6 is 0 Å². The molecule has 3 heteroatoms. The molecule has 0 aromatic carbocycles. The second-order valence-corrected chi connectivity index (χ2v) is 4.80. The molecule has 0 fully saturated rings. The zero-order chi connectivity index (χ0) is 11.5. The molecule has 1 heterocycles. The van der Waals surface area contributed by atoms with Gasteiger partial charge in [0.2, 0.25) is 0 Å². The predicted octanol–water partition coefficient (Wildman–Crippen LogP) is 2.07. The first-order valence-electron chi connectivity index (χ1n) is 5.61. The molecule has 0 spiro atoms. The summed E-state index contributed by atoms with van der Waals surface area (Å²) in [5, 5.41) is 13.8. The highest BCUT2D eigenvalue weighted by atomic mass is 16.3. The quantitative estimate of drug-likeness (QED) is 0.808. The van der Waals surface area contributed by atoms with Crippen molar-refractivity contribution in [3.63, 3.8) is 0 Å². The summed E-state index contributed by atoms with van der Waals surface area (Å²) in [6.07, 6.45) is 3.05. The maximum Gasteiger partial charge on any atom is 0.0596 e. The van der Waals surface area contributed by atoms with Gasteiger partial charge in [0, 0.05) is 19.3 Å². The Bertz CT molecular complexity index is 319. The van der Waals surface area contributed by atoms with Crippen LogP contribution in [-0.4, -0.2) is 21.5 Å². The van der Waals surface area contributed by atoms with E-state index in [9.17, 15) is 5.11 Å². The Morgan fingerprint density at radius 3 is 2.60 bits per heavy atom.